The van der Waals surface area contributed by atoms with Crippen LogP contribution >= 0.6 is 15.9 Å². The van der Waals surface area contributed by atoms with E-state index in [0.717, 1.165) is 24.6 Å². The smallest absolute Gasteiger partial charge is 0.226 e. The zero-order valence-corrected chi connectivity index (χ0v) is 12.3. The molecule has 2 nitrogen and oxygen atoms in total. The van der Waals surface area contributed by atoms with Crippen molar-refractivity contribution in [3.63, 3.8) is 0 Å². The molecule has 0 aliphatic heterocycles. The fourth-order valence-electron chi connectivity index (χ4n) is 2.77. The van der Waals surface area contributed by atoms with Gasteiger partial charge in [0, 0.05) is 16.8 Å². The molecule has 0 heterocycles. The standard InChI is InChI=1S/C13H24BrNO/c1-10(2)8-13(6-4-5-7-13)12(16)15-11(3)9-14/h10-11H,4-9H2,1-3H3,(H,15,16). The van der Waals surface area contributed by atoms with Crippen molar-refractivity contribution >= 4 is 21.8 Å². The molecule has 16 heavy (non-hydrogen) atoms. The van der Waals surface area contributed by atoms with Crippen LogP contribution in [0.5, 0.6) is 0 Å². The van der Waals surface area contributed by atoms with Crippen LogP contribution in [0.2, 0.25) is 0 Å². The van der Waals surface area contributed by atoms with Gasteiger partial charge in [-0.15, -0.1) is 0 Å². The van der Waals surface area contributed by atoms with Crippen molar-refractivity contribution < 1.29 is 4.79 Å². The first-order chi connectivity index (χ1) is 7.50. The maximum Gasteiger partial charge on any atom is 0.226 e. The Bertz CT molecular complexity index is 234. The topological polar surface area (TPSA) is 29.1 Å². The minimum atomic E-state index is -0.0649. The predicted octanol–water partition coefficient (Wildman–Crippen LogP) is 3.49. The lowest BCUT2D eigenvalue weighted by Crippen LogP contribution is -2.44. The Balaban J connectivity index is 2.65. The van der Waals surface area contributed by atoms with Crippen LogP contribution in [0.3, 0.4) is 0 Å². The third-order valence-corrected chi connectivity index (χ3v) is 4.42. The molecule has 3 heteroatoms. The van der Waals surface area contributed by atoms with Crippen LogP contribution in [0.4, 0.5) is 0 Å². The van der Waals surface area contributed by atoms with Crippen LogP contribution in [-0.4, -0.2) is 17.3 Å². The van der Waals surface area contributed by atoms with Crippen LogP contribution < -0.4 is 5.32 Å². The molecule has 0 bridgehead atoms. The zero-order chi connectivity index (χ0) is 12.2. The van der Waals surface area contributed by atoms with Crippen LogP contribution in [0.25, 0.3) is 0 Å². The van der Waals surface area contributed by atoms with Gasteiger partial charge in [-0.3, -0.25) is 4.79 Å². The lowest BCUT2D eigenvalue weighted by Gasteiger charge is -2.30. The number of carbonyl (C=O) groups is 1. The average Bonchev–Trinajstić information content (AvgIpc) is 2.66. The molecule has 0 saturated heterocycles. The molecule has 0 radical (unpaired) electrons. The summed E-state index contributed by atoms with van der Waals surface area (Å²) in [5.74, 6) is 0.883. The number of hydrogen-bond donors (Lipinski definition) is 1. The summed E-state index contributed by atoms with van der Waals surface area (Å²) >= 11 is 3.41. The number of rotatable bonds is 5. The van der Waals surface area contributed by atoms with E-state index in [-0.39, 0.29) is 17.4 Å². The summed E-state index contributed by atoms with van der Waals surface area (Å²) in [7, 11) is 0. The highest BCUT2D eigenvalue weighted by atomic mass is 79.9. The Morgan fingerprint density at radius 2 is 1.88 bits per heavy atom. The second-order valence-corrected chi connectivity index (χ2v) is 6.26. The molecule has 94 valence electrons. The summed E-state index contributed by atoms with van der Waals surface area (Å²) in [5.41, 5.74) is -0.0649. The Morgan fingerprint density at radius 3 is 2.31 bits per heavy atom. The second kappa shape index (κ2) is 6.04. The molecule has 1 saturated carbocycles. The number of alkyl halides is 1. The molecule has 1 rings (SSSR count). The Labute approximate surface area is 108 Å². The minimum Gasteiger partial charge on any atom is -0.352 e. The van der Waals surface area contributed by atoms with Crippen LogP contribution in [0, 0.1) is 11.3 Å². The van der Waals surface area contributed by atoms with E-state index in [1.165, 1.54) is 12.8 Å². The van der Waals surface area contributed by atoms with Gasteiger partial charge in [0.25, 0.3) is 0 Å². The molecular weight excluding hydrogens is 266 g/mol. The van der Waals surface area contributed by atoms with Crippen molar-refractivity contribution in [2.45, 2.75) is 58.9 Å². The van der Waals surface area contributed by atoms with E-state index < -0.39 is 0 Å². The lowest BCUT2D eigenvalue weighted by atomic mass is 9.77. The summed E-state index contributed by atoms with van der Waals surface area (Å²) < 4.78 is 0. The first kappa shape index (κ1) is 14.0. The third kappa shape index (κ3) is 3.47. The molecular formula is C13H24BrNO. The highest BCUT2D eigenvalue weighted by Crippen LogP contribution is 2.43. The van der Waals surface area contributed by atoms with Crippen LogP contribution in [-0.2, 0) is 4.79 Å². The predicted molar refractivity (Wildman–Crippen MR) is 71.8 cm³/mol. The molecule has 0 aromatic rings. The summed E-state index contributed by atoms with van der Waals surface area (Å²) in [6.07, 6.45) is 5.61. The maximum atomic E-state index is 12.3. The van der Waals surface area contributed by atoms with E-state index in [1.54, 1.807) is 0 Å². The molecule has 0 aromatic carbocycles. The van der Waals surface area contributed by atoms with E-state index in [4.69, 9.17) is 0 Å². The van der Waals surface area contributed by atoms with Gasteiger partial charge < -0.3 is 5.32 Å². The number of amides is 1. The molecule has 1 atom stereocenters. The monoisotopic (exact) mass is 289 g/mol. The first-order valence-corrected chi connectivity index (χ1v) is 7.49. The largest absolute Gasteiger partial charge is 0.352 e. The van der Waals surface area contributed by atoms with Crippen molar-refractivity contribution in [1.82, 2.24) is 5.32 Å². The van der Waals surface area contributed by atoms with Gasteiger partial charge in [-0.05, 0) is 32.1 Å². The molecule has 1 amide bonds. The molecule has 1 fully saturated rings. The van der Waals surface area contributed by atoms with Gasteiger partial charge in [0.2, 0.25) is 5.91 Å². The summed E-state index contributed by atoms with van der Waals surface area (Å²) in [6, 6.07) is 0.233. The molecule has 0 aromatic heterocycles. The Kier molecular flexibility index (Phi) is 5.29. The van der Waals surface area contributed by atoms with Crippen molar-refractivity contribution in [2.24, 2.45) is 11.3 Å². The van der Waals surface area contributed by atoms with Crippen molar-refractivity contribution in [2.75, 3.05) is 5.33 Å². The summed E-state index contributed by atoms with van der Waals surface area (Å²) in [4.78, 5) is 12.3. The maximum absolute atomic E-state index is 12.3. The highest BCUT2D eigenvalue weighted by Gasteiger charge is 2.41. The highest BCUT2D eigenvalue weighted by molar-refractivity contribution is 9.09. The van der Waals surface area contributed by atoms with Crippen molar-refractivity contribution in [3.8, 4) is 0 Å². The van der Waals surface area contributed by atoms with Crippen LogP contribution in [0.15, 0.2) is 0 Å². The van der Waals surface area contributed by atoms with Gasteiger partial charge >= 0.3 is 0 Å². The summed E-state index contributed by atoms with van der Waals surface area (Å²) in [5, 5.41) is 3.96. The van der Waals surface area contributed by atoms with Crippen LogP contribution in [0.1, 0.15) is 52.9 Å². The molecule has 1 aliphatic carbocycles. The zero-order valence-electron chi connectivity index (χ0n) is 10.7. The lowest BCUT2D eigenvalue weighted by molar-refractivity contribution is -0.132. The van der Waals surface area contributed by atoms with E-state index in [9.17, 15) is 4.79 Å². The van der Waals surface area contributed by atoms with Gasteiger partial charge in [-0.1, -0.05) is 42.6 Å². The fraction of sp³-hybridized carbons (Fsp3) is 0.923. The first-order valence-electron chi connectivity index (χ1n) is 6.37. The normalized spacial score (nSPS) is 21.1. The molecule has 1 N–H and O–H groups in total. The van der Waals surface area contributed by atoms with Gasteiger partial charge in [0.15, 0.2) is 0 Å². The number of nitrogens with one attached hydrogen (secondary N) is 1. The summed E-state index contributed by atoms with van der Waals surface area (Å²) in [6.45, 7) is 6.47. The Hall–Kier alpha value is -0.0500. The number of carbonyl (C=O) groups excluding carboxylic acids is 1. The molecule has 1 unspecified atom stereocenters. The van der Waals surface area contributed by atoms with Gasteiger partial charge in [-0.25, -0.2) is 0 Å². The van der Waals surface area contributed by atoms with E-state index in [1.807, 2.05) is 6.92 Å². The van der Waals surface area contributed by atoms with Crippen molar-refractivity contribution in [3.05, 3.63) is 0 Å². The number of halogens is 1. The quantitative estimate of drug-likeness (QED) is 0.772. The van der Waals surface area contributed by atoms with E-state index in [2.05, 4.69) is 35.1 Å². The molecule has 0 spiro atoms. The minimum absolute atomic E-state index is 0.0649. The Morgan fingerprint density at radius 1 is 1.31 bits per heavy atom. The average molecular weight is 290 g/mol. The van der Waals surface area contributed by atoms with Gasteiger partial charge in [0.05, 0.1) is 0 Å². The van der Waals surface area contributed by atoms with Gasteiger partial charge in [0.1, 0.15) is 0 Å². The van der Waals surface area contributed by atoms with E-state index >= 15 is 0 Å². The van der Waals surface area contributed by atoms with Gasteiger partial charge in [-0.2, -0.15) is 0 Å². The molecule has 1 aliphatic rings. The second-order valence-electron chi connectivity index (χ2n) is 5.61. The number of hydrogen-bond acceptors (Lipinski definition) is 1. The fourth-order valence-corrected chi connectivity index (χ4v) is 2.93. The third-order valence-electron chi connectivity index (χ3n) is 3.45. The van der Waals surface area contributed by atoms with E-state index in [0.29, 0.717) is 5.92 Å². The van der Waals surface area contributed by atoms with Crippen molar-refractivity contribution in [1.29, 1.82) is 0 Å². The SMILES string of the molecule is CC(C)CC1(C(=O)NC(C)CBr)CCCC1.